The van der Waals surface area contributed by atoms with Crippen molar-refractivity contribution in [3.8, 4) is 0 Å². The highest BCUT2D eigenvalue weighted by molar-refractivity contribution is 7.98. The van der Waals surface area contributed by atoms with Gasteiger partial charge in [0.15, 0.2) is 10.9 Å². The fourth-order valence-corrected chi connectivity index (χ4v) is 3.25. The van der Waals surface area contributed by atoms with Gasteiger partial charge in [-0.3, -0.25) is 9.20 Å². The molecule has 2 aromatic heterocycles. The summed E-state index contributed by atoms with van der Waals surface area (Å²) < 4.78 is 1.97. The van der Waals surface area contributed by atoms with Crippen molar-refractivity contribution in [3.05, 3.63) is 66.0 Å². The number of carbonyl (C=O) groups is 1. The molecule has 0 radical (unpaired) electrons. The predicted octanol–water partition coefficient (Wildman–Crippen LogP) is 4.11. The SMILES string of the molecule is CSc1nc(C(=O)N(Cc2ccccc2)C(C)C)c2ccccn12. The molecule has 4 nitrogen and oxygen atoms in total. The molecule has 5 heteroatoms. The van der Waals surface area contributed by atoms with Gasteiger partial charge in [-0.05, 0) is 37.8 Å². The van der Waals surface area contributed by atoms with E-state index in [0.29, 0.717) is 12.2 Å². The van der Waals surface area contributed by atoms with E-state index in [1.165, 1.54) is 0 Å². The van der Waals surface area contributed by atoms with Crippen LogP contribution in [-0.2, 0) is 6.54 Å². The highest BCUT2D eigenvalue weighted by atomic mass is 32.2. The second-order valence-corrected chi connectivity index (χ2v) is 6.69. The Labute approximate surface area is 146 Å². The van der Waals surface area contributed by atoms with E-state index in [1.807, 2.05) is 84.1 Å². The second kappa shape index (κ2) is 7.09. The van der Waals surface area contributed by atoms with Crippen molar-refractivity contribution in [1.29, 1.82) is 0 Å². The first-order valence-electron chi connectivity index (χ1n) is 7.97. The fraction of sp³-hybridized carbons (Fsp3) is 0.263. The van der Waals surface area contributed by atoms with Gasteiger partial charge in [-0.15, -0.1) is 0 Å². The van der Waals surface area contributed by atoms with E-state index in [9.17, 15) is 4.79 Å². The third kappa shape index (κ3) is 3.17. The van der Waals surface area contributed by atoms with E-state index < -0.39 is 0 Å². The van der Waals surface area contributed by atoms with Gasteiger partial charge in [0.2, 0.25) is 0 Å². The summed E-state index contributed by atoms with van der Waals surface area (Å²) in [6.45, 7) is 4.65. The Kier molecular flexibility index (Phi) is 4.90. The molecule has 3 aromatic rings. The van der Waals surface area contributed by atoms with Crippen molar-refractivity contribution >= 4 is 23.2 Å². The van der Waals surface area contributed by atoms with Crippen LogP contribution in [0, 0.1) is 0 Å². The number of carbonyl (C=O) groups excluding carboxylic acids is 1. The third-order valence-electron chi connectivity index (χ3n) is 3.98. The van der Waals surface area contributed by atoms with Gasteiger partial charge < -0.3 is 4.90 Å². The van der Waals surface area contributed by atoms with Crippen LogP contribution in [0.3, 0.4) is 0 Å². The van der Waals surface area contributed by atoms with E-state index in [4.69, 9.17) is 0 Å². The topological polar surface area (TPSA) is 37.6 Å². The van der Waals surface area contributed by atoms with Gasteiger partial charge >= 0.3 is 0 Å². The number of amides is 1. The first kappa shape index (κ1) is 16.6. The van der Waals surface area contributed by atoms with Crippen LogP contribution < -0.4 is 0 Å². The van der Waals surface area contributed by atoms with Crippen LogP contribution >= 0.6 is 11.8 Å². The van der Waals surface area contributed by atoms with Crippen LogP contribution in [0.1, 0.15) is 29.9 Å². The van der Waals surface area contributed by atoms with E-state index in [2.05, 4.69) is 4.98 Å². The minimum Gasteiger partial charge on any atom is -0.330 e. The Hall–Kier alpha value is -2.27. The molecule has 0 saturated heterocycles. The van der Waals surface area contributed by atoms with E-state index >= 15 is 0 Å². The van der Waals surface area contributed by atoms with E-state index in [-0.39, 0.29) is 11.9 Å². The molecule has 0 aliphatic carbocycles. The molecular weight excluding hydrogens is 318 g/mol. The summed E-state index contributed by atoms with van der Waals surface area (Å²) in [5, 5.41) is 0.831. The molecule has 0 fully saturated rings. The number of hydrogen-bond acceptors (Lipinski definition) is 3. The van der Waals surface area contributed by atoms with Crippen molar-refractivity contribution in [3.63, 3.8) is 0 Å². The number of aromatic nitrogens is 2. The summed E-state index contributed by atoms with van der Waals surface area (Å²) in [7, 11) is 0. The number of rotatable bonds is 5. The standard InChI is InChI=1S/C19H21N3OS/c1-14(2)22(13-15-9-5-4-6-10-15)18(23)17-16-11-7-8-12-21(16)19(20-17)24-3/h4-12,14H,13H2,1-3H3. The minimum atomic E-state index is -0.0298. The van der Waals surface area contributed by atoms with Gasteiger partial charge in [0, 0.05) is 18.8 Å². The van der Waals surface area contributed by atoms with Crippen molar-refractivity contribution in [2.24, 2.45) is 0 Å². The second-order valence-electron chi connectivity index (χ2n) is 5.92. The Balaban J connectivity index is 1.99. The normalized spacial score (nSPS) is 11.2. The molecule has 0 aliphatic heterocycles. The number of thioether (sulfide) groups is 1. The summed E-state index contributed by atoms with van der Waals surface area (Å²) >= 11 is 1.54. The average Bonchev–Trinajstić information content (AvgIpc) is 2.98. The summed E-state index contributed by atoms with van der Waals surface area (Å²) in [6, 6.07) is 16.0. The number of fused-ring (bicyclic) bond motifs is 1. The first-order chi connectivity index (χ1) is 11.6. The van der Waals surface area contributed by atoms with Crippen molar-refractivity contribution in [2.45, 2.75) is 31.6 Å². The molecule has 1 amide bonds. The van der Waals surface area contributed by atoms with Gasteiger partial charge in [-0.25, -0.2) is 4.98 Å². The van der Waals surface area contributed by atoms with Crippen molar-refractivity contribution in [1.82, 2.24) is 14.3 Å². The average molecular weight is 339 g/mol. The summed E-state index contributed by atoms with van der Waals surface area (Å²) in [5.41, 5.74) is 2.49. The van der Waals surface area contributed by atoms with Crippen LogP contribution in [-0.4, -0.2) is 32.5 Å². The van der Waals surface area contributed by atoms with Gasteiger partial charge in [-0.2, -0.15) is 0 Å². The molecule has 124 valence electrons. The monoisotopic (exact) mass is 339 g/mol. The molecule has 0 saturated carbocycles. The Morgan fingerprint density at radius 3 is 2.54 bits per heavy atom. The molecule has 0 N–H and O–H groups in total. The molecule has 1 aromatic carbocycles. The third-order valence-corrected chi connectivity index (χ3v) is 4.63. The Morgan fingerprint density at radius 2 is 1.88 bits per heavy atom. The number of imidazole rings is 1. The molecule has 2 heterocycles. The summed E-state index contributed by atoms with van der Waals surface area (Å²) in [4.78, 5) is 19.6. The van der Waals surface area contributed by atoms with Crippen LogP contribution in [0.5, 0.6) is 0 Å². The molecule has 0 aliphatic rings. The number of hydrogen-bond donors (Lipinski definition) is 0. The van der Waals surface area contributed by atoms with E-state index in [0.717, 1.165) is 16.2 Å². The van der Waals surface area contributed by atoms with Gasteiger partial charge in [0.1, 0.15) is 0 Å². The molecule has 0 bridgehead atoms. The van der Waals surface area contributed by atoms with Gasteiger partial charge in [-0.1, -0.05) is 48.2 Å². The number of pyridine rings is 1. The highest BCUT2D eigenvalue weighted by Crippen LogP contribution is 2.22. The van der Waals surface area contributed by atoms with Crippen molar-refractivity contribution in [2.75, 3.05) is 6.26 Å². The zero-order valence-electron chi connectivity index (χ0n) is 14.1. The highest BCUT2D eigenvalue weighted by Gasteiger charge is 2.24. The fourth-order valence-electron chi connectivity index (χ4n) is 2.72. The molecule has 0 unspecified atom stereocenters. The smallest absolute Gasteiger partial charge is 0.275 e. The molecule has 0 spiro atoms. The summed E-state index contributed by atoms with van der Waals surface area (Å²) in [5.74, 6) is -0.0298. The first-order valence-corrected chi connectivity index (χ1v) is 9.20. The quantitative estimate of drug-likeness (QED) is 0.657. The lowest BCUT2D eigenvalue weighted by Gasteiger charge is -2.26. The lowest BCUT2D eigenvalue weighted by Crippen LogP contribution is -2.36. The molecular formula is C19H21N3OS. The van der Waals surface area contributed by atoms with Crippen LogP contribution in [0.15, 0.2) is 59.9 Å². The lowest BCUT2D eigenvalue weighted by atomic mass is 10.1. The van der Waals surface area contributed by atoms with Crippen LogP contribution in [0.25, 0.3) is 5.52 Å². The predicted molar refractivity (Wildman–Crippen MR) is 98.4 cm³/mol. The Morgan fingerprint density at radius 1 is 1.17 bits per heavy atom. The number of benzene rings is 1. The largest absolute Gasteiger partial charge is 0.330 e. The maximum atomic E-state index is 13.2. The zero-order valence-corrected chi connectivity index (χ0v) is 15.0. The zero-order chi connectivity index (χ0) is 17.1. The molecule has 0 atom stereocenters. The maximum Gasteiger partial charge on any atom is 0.275 e. The van der Waals surface area contributed by atoms with Crippen LogP contribution in [0.4, 0.5) is 0 Å². The van der Waals surface area contributed by atoms with Gasteiger partial charge in [0.05, 0.1) is 5.52 Å². The molecule has 24 heavy (non-hydrogen) atoms. The Bertz CT molecular complexity index is 842. The van der Waals surface area contributed by atoms with Crippen LogP contribution in [0.2, 0.25) is 0 Å². The summed E-state index contributed by atoms with van der Waals surface area (Å²) in [6.07, 6.45) is 3.92. The number of nitrogens with zero attached hydrogens (tertiary/aromatic N) is 3. The minimum absolute atomic E-state index is 0.0298. The molecule has 3 rings (SSSR count). The van der Waals surface area contributed by atoms with E-state index in [1.54, 1.807) is 11.8 Å². The lowest BCUT2D eigenvalue weighted by molar-refractivity contribution is 0.0686. The van der Waals surface area contributed by atoms with Crippen molar-refractivity contribution < 1.29 is 4.79 Å². The maximum absolute atomic E-state index is 13.2. The van der Waals surface area contributed by atoms with Gasteiger partial charge in [0.25, 0.3) is 5.91 Å².